The lowest BCUT2D eigenvalue weighted by atomic mass is 9.82. The number of benzene rings is 2. The van der Waals surface area contributed by atoms with Gasteiger partial charge in [-0.1, -0.05) is 364 Å². The van der Waals surface area contributed by atoms with Gasteiger partial charge in [0.25, 0.3) is 0 Å². The Morgan fingerprint density at radius 3 is 1.18 bits per heavy atom. The highest BCUT2D eigenvalue weighted by atomic mass is 32.2. The molecule has 0 aromatic heterocycles. The number of hydrogen-bond acceptors (Lipinski definition) is 11. The summed E-state index contributed by atoms with van der Waals surface area (Å²) in [6, 6.07) is 17.5. The molecule has 0 amide bonds. The van der Waals surface area contributed by atoms with Gasteiger partial charge in [0.2, 0.25) is 0 Å². The molecule has 0 aliphatic carbocycles. The Labute approximate surface area is 682 Å². The fourth-order valence-corrected chi connectivity index (χ4v) is 9.96. The van der Waals surface area contributed by atoms with Crippen LogP contribution in [-0.2, 0) is 47.2 Å². The maximum Gasteiger partial charge on any atom is 0.305 e. The van der Waals surface area contributed by atoms with Gasteiger partial charge in [0, 0.05) is 41.7 Å². The topological polar surface area (TPSA) is 69.7 Å². The summed E-state index contributed by atoms with van der Waals surface area (Å²) in [5.41, 5.74) is 5.99. The third-order valence-electron chi connectivity index (χ3n) is 14.5. The summed E-state index contributed by atoms with van der Waals surface area (Å²) < 4.78 is 19.8. The molecular weight excluding hydrogens is 1350 g/mol. The van der Waals surface area contributed by atoms with Crippen LogP contribution in [0.5, 0.6) is 0 Å². The minimum Gasteiger partial charge on any atom is -0.466 e. The minimum atomic E-state index is -0.0356. The van der Waals surface area contributed by atoms with Crippen molar-refractivity contribution in [2.75, 3.05) is 71.5 Å². The van der Waals surface area contributed by atoms with E-state index in [0.29, 0.717) is 19.8 Å². The average Bonchev–Trinajstić information content (AvgIpc) is 1.36. The Hall–Kier alpha value is -1.28. The summed E-state index contributed by atoms with van der Waals surface area (Å²) in [6.07, 6.45) is 41.6. The highest BCUT2D eigenvalue weighted by Crippen LogP contribution is 2.38. The number of rotatable bonds is 25. The van der Waals surface area contributed by atoms with Crippen LogP contribution in [0.4, 0.5) is 0 Å². The molecular formula is C94H204N2O6S3. The lowest BCUT2D eigenvalue weighted by Crippen LogP contribution is -2.58. The fourth-order valence-electron chi connectivity index (χ4n) is 8.11. The predicted molar refractivity (Wildman–Crippen MR) is 500 cm³/mol. The summed E-state index contributed by atoms with van der Waals surface area (Å²) in [5.74, 6) is 3.36. The van der Waals surface area contributed by atoms with Crippen LogP contribution in [0.15, 0.2) is 48.5 Å². The van der Waals surface area contributed by atoms with Gasteiger partial charge in [0.1, 0.15) is 20.3 Å². The molecule has 3 aliphatic heterocycles. The van der Waals surface area contributed by atoms with E-state index in [9.17, 15) is 4.79 Å². The standard InChI is InChI=1S/C11H23NO.C11H20O2S.C10H14S.C9H12.2C6H14.C5H11NO2.C5H12O.C5H12.2C4H10.5C3H8.CH4S.2CH4/c1-6-13-12-10(2,3)8-7-9-11(12,4)5;1-2-13-11(12)8-4-3-6-10-7-5-9-14-10;1-3-9-4-6-10(7-5-9)8-11-2;1-3-9-6-4-8(2)5-7-9;1-4-6(3)5-2;1-3-5-6-4-2;1-2-6-3-7-5-8-4-6;1-3-5-6-4-2;1-3-5-4-2;2*1-3-4-2;5*1-3-2;1-2;;/h6-9H2,1-5H3;10H,2-9H2,1H3;4-7H,3,8H2,1-2H3;4-7H,3H2,1-2H3;6H,4-5H2,1-3H3;3-6H2,1-2H3;2-5H2,1H3;3-5H2,1-2H3;3-5H2,1-2H3;2*3-4H2,1-2H3;5*3H2,1-2H3;2H,1H3;2*1H4. The van der Waals surface area contributed by atoms with Crippen molar-refractivity contribution in [1.29, 1.82) is 0 Å². The number of thiol groups is 1. The molecule has 3 saturated heterocycles. The first-order valence-electron chi connectivity index (χ1n) is 43.0. The molecule has 5 rings (SSSR count). The van der Waals surface area contributed by atoms with Gasteiger partial charge in [-0.15, -0.1) is 0 Å². The van der Waals surface area contributed by atoms with E-state index in [4.69, 9.17) is 23.8 Å². The number of carbonyl (C=O) groups is 1. The highest BCUT2D eigenvalue weighted by Gasteiger charge is 2.42. The van der Waals surface area contributed by atoms with Crippen molar-refractivity contribution < 1.29 is 28.6 Å². The molecule has 1 unspecified atom stereocenters. The van der Waals surface area contributed by atoms with E-state index in [0.717, 1.165) is 82.4 Å². The first kappa shape index (κ1) is 136. The van der Waals surface area contributed by atoms with Crippen molar-refractivity contribution in [3.63, 3.8) is 0 Å². The zero-order valence-corrected chi connectivity index (χ0v) is 79.7. The predicted octanol–water partition coefficient (Wildman–Crippen LogP) is 33.1. The number of unbranched alkanes of at least 4 members (excludes halogenated alkanes) is 8. The first-order chi connectivity index (χ1) is 49.3. The molecule has 8 nitrogen and oxygen atoms in total. The van der Waals surface area contributed by atoms with Gasteiger partial charge in [-0.25, -0.2) is 0 Å². The Morgan fingerprint density at radius 2 is 0.924 bits per heavy atom. The molecule has 0 bridgehead atoms. The van der Waals surface area contributed by atoms with Crippen LogP contribution in [-0.4, -0.2) is 104 Å². The molecule has 644 valence electrons. The molecule has 3 aliphatic rings. The summed E-state index contributed by atoms with van der Waals surface area (Å²) in [7, 11) is 0. The van der Waals surface area contributed by atoms with E-state index in [2.05, 4.69) is 304 Å². The quantitative estimate of drug-likeness (QED) is 0.0591. The third kappa shape index (κ3) is 129. The number of esters is 1. The fraction of sp³-hybridized carbons (Fsp3) is 0.862. The molecule has 3 heterocycles. The van der Waals surface area contributed by atoms with Crippen molar-refractivity contribution >= 4 is 42.1 Å². The summed E-state index contributed by atoms with van der Waals surface area (Å²) in [5, 5.41) is 3.07. The molecule has 0 radical (unpaired) electrons. The third-order valence-corrected chi connectivity index (χ3v) is 16.6. The van der Waals surface area contributed by atoms with Crippen LogP contribution >= 0.6 is 36.2 Å². The zero-order chi connectivity index (χ0) is 82.1. The van der Waals surface area contributed by atoms with Crippen molar-refractivity contribution in [2.24, 2.45) is 5.92 Å². The van der Waals surface area contributed by atoms with Crippen LogP contribution in [0.25, 0.3) is 0 Å². The maximum atomic E-state index is 11.0. The largest absolute Gasteiger partial charge is 0.466 e. The van der Waals surface area contributed by atoms with Crippen molar-refractivity contribution in [2.45, 2.75) is 458 Å². The number of piperidine rings is 1. The van der Waals surface area contributed by atoms with Crippen LogP contribution in [0, 0.1) is 12.8 Å². The van der Waals surface area contributed by atoms with E-state index < -0.39 is 0 Å². The lowest BCUT2D eigenvalue weighted by Gasteiger charge is -2.51. The molecule has 1 atom stereocenters. The lowest BCUT2D eigenvalue weighted by molar-refractivity contribution is -0.278. The van der Waals surface area contributed by atoms with Crippen LogP contribution < -0.4 is 0 Å². The SMILES string of the molecule is C.C.CCC.CCC.CCC.CCC.CCC.CCC(C)CC.CCCC.CCCC.CCCCC.CCCCCC.CCCOCC.CCN1COCOC1.CCOC(=O)CCCCC1CCCS1.CCON1C(C)(C)CCCC1(C)C.CCc1ccc(C)cc1.CCc1ccc(CSC)cc1.CS. The van der Waals surface area contributed by atoms with Gasteiger partial charge in [-0.3, -0.25) is 14.5 Å². The van der Waals surface area contributed by atoms with Crippen LogP contribution in [0.1, 0.15) is 438 Å². The van der Waals surface area contributed by atoms with Crippen molar-refractivity contribution in [3.05, 3.63) is 70.8 Å². The Kier molecular flexibility index (Phi) is 160. The molecule has 11 heteroatoms. The smallest absolute Gasteiger partial charge is 0.305 e. The molecule has 105 heavy (non-hydrogen) atoms. The average molecular weight is 1550 g/mol. The van der Waals surface area contributed by atoms with E-state index in [-0.39, 0.29) is 31.9 Å². The van der Waals surface area contributed by atoms with E-state index >= 15 is 0 Å². The molecule has 2 aromatic rings. The van der Waals surface area contributed by atoms with Crippen LogP contribution in [0.2, 0.25) is 0 Å². The number of carbonyl (C=O) groups excluding carboxylic acids is 1. The normalized spacial score (nSPS) is 13.4. The summed E-state index contributed by atoms with van der Waals surface area (Å²) in [4.78, 5) is 18.8. The van der Waals surface area contributed by atoms with E-state index in [1.807, 2.05) is 25.6 Å². The zero-order valence-electron chi connectivity index (χ0n) is 77.2. The van der Waals surface area contributed by atoms with Gasteiger partial charge in [0.15, 0.2) is 0 Å². The number of ether oxygens (including phenoxy) is 4. The van der Waals surface area contributed by atoms with Gasteiger partial charge >= 0.3 is 5.97 Å². The van der Waals surface area contributed by atoms with E-state index in [1.165, 1.54) is 189 Å². The Bertz CT molecular complexity index is 1580. The highest BCUT2D eigenvalue weighted by molar-refractivity contribution is 8.00. The molecule has 3 fully saturated rings. The monoisotopic (exact) mass is 1550 g/mol. The van der Waals surface area contributed by atoms with Crippen molar-refractivity contribution in [3.8, 4) is 0 Å². The number of aryl methyl sites for hydroxylation is 3. The Morgan fingerprint density at radius 1 is 0.533 bits per heavy atom. The number of hydroxylamine groups is 2. The van der Waals surface area contributed by atoms with Gasteiger partial charge in [0.05, 0.1) is 13.2 Å². The first-order valence-corrected chi connectivity index (χ1v) is 46.4. The molecule has 2 aromatic carbocycles. The summed E-state index contributed by atoms with van der Waals surface area (Å²) in [6.45, 7) is 77.2. The summed E-state index contributed by atoms with van der Waals surface area (Å²) >= 11 is 7.49. The maximum absolute atomic E-state index is 11.0. The van der Waals surface area contributed by atoms with E-state index in [1.54, 1.807) is 6.26 Å². The van der Waals surface area contributed by atoms with Crippen molar-refractivity contribution in [1.82, 2.24) is 9.96 Å². The number of thioether (sulfide) groups is 2. The van der Waals surface area contributed by atoms with Gasteiger partial charge < -0.3 is 18.9 Å². The number of hydrogen-bond donors (Lipinski definition) is 1. The molecule has 0 saturated carbocycles. The number of nitrogens with zero attached hydrogens (tertiary/aromatic N) is 2. The molecule has 0 spiro atoms. The Balaban J connectivity index is -0.0000000718. The second-order valence-corrected chi connectivity index (χ2v) is 29.6. The second kappa shape index (κ2) is 124. The molecule has 0 N–H and O–H groups in total. The van der Waals surface area contributed by atoms with Gasteiger partial charge in [-0.05, 0) is 167 Å². The van der Waals surface area contributed by atoms with Gasteiger partial charge in [-0.2, -0.15) is 41.2 Å². The second-order valence-electron chi connectivity index (χ2n) is 27.3. The van der Waals surface area contributed by atoms with Crippen LogP contribution in [0.3, 0.4) is 0 Å². The minimum absolute atomic E-state index is 0.